The first kappa shape index (κ1) is 20.4. The molecule has 0 aliphatic rings. The minimum Gasteiger partial charge on any atom is -0.481 e. The Balaban J connectivity index is 2.92. The summed E-state index contributed by atoms with van der Waals surface area (Å²) in [6.45, 7) is 3.58. The molecule has 1 rings (SSSR count). The number of rotatable bonds is 8. The molecule has 4 N–H and O–H groups in total. The van der Waals surface area contributed by atoms with Crippen LogP contribution in [-0.2, 0) is 9.53 Å². The van der Waals surface area contributed by atoms with Gasteiger partial charge in [0.25, 0.3) is 5.91 Å². The lowest BCUT2D eigenvalue weighted by atomic mass is 10.1. The number of carboxylic acid groups (broad SMARTS) is 1. The zero-order valence-electron chi connectivity index (χ0n) is 14.2. The van der Waals surface area contributed by atoms with Crippen molar-refractivity contribution in [3.8, 4) is 0 Å². The average molecular weight is 371 g/mol. The van der Waals surface area contributed by atoms with Gasteiger partial charge in [-0.15, -0.1) is 11.3 Å². The van der Waals surface area contributed by atoms with Crippen LogP contribution in [-0.4, -0.2) is 49.2 Å². The lowest BCUT2D eigenvalue weighted by molar-refractivity contribution is -0.137. The quantitative estimate of drug-likeness (QED) is 0.405. The van der Waals surface area contributed by atoms with E-state index in [1.807, 2.05) is 0 Å². The topological polar surface area (TPSA) is 134 Å². The van der Waals surface area contributed by atoms with E-state index in [0.717, 1.165) is 11.3 Å². The van der Waals surface area contributed by atoms with E-state index < -0.39 is 18.0 Å². The maximum absolute atomic E-state index is 12.1. The Bertz CT molecular complexity index is 670. The summed E-state index contributed by atoms with van der Waals surface area (Å²) in [5, 5.41) is 16.2. The van der Waals surface area contributed by atoms with Crippen LogP contribution in [0.5, 0.6) is 0 Å². The molecule has 0 radical (unpaired) electrons. The molecule has 0 aliphatic heterocycles. The number of aliphatic carboxylic acids is 1. The number of esters is 1. The van der Waals surface area contributed by atoms with Crippen LogP contribution in [0.25, 0.3) is 0 Å². The first-order valence-corrected chi connectivity index (χ1v) is 8.42. The standard InChI is InChI=1S/C15H21N3O6S/c1-4-24-14(22)10-8(2)11(12(21)16-3)25-13(10)18-15(23)17-7-5-6-9(19)20/h4-7H2,1-3H3,(H,16,21)(H,19,20)(H2,17,18,23). The van der Waals surface area contributed by atoms with E-state index in [2.05, 4.69) is 16.0 Å². The van der Waals surface area contributed by atoms with Crippen LogP contribution < -0.4 is 16.0 Å². The molecule has 0 aliphatic carbocycles. The summed E-state index contributed by atoms with van der Waals surface area (Å²) in [6, 6.07) is -0.597. The molecular weight excluding hydrogens is 350 g/mol. The molecular formula is C15H21N3O6S. The third-order valence-electron chi connectivity index (χ3n) is 3.14. The molecule has 0 saturated carbocycles. The molecule has 0 bridgehead atoms. The number of amides is 3. The average Bonchev–Trinajstić information content (AvgIpc) is 2.87. The lowest BCUT2D eigenvalue weighted by Crippen LogP contribution is -2.30. The number of ether oxygens (including phenoxy) is 1. The van der Waals surface area contributed by atoms with E-state index in [9.17, 15) is 19.2 Å². The van der Waals surface area contributed by atoms with Gasteiger partial charge in [0.05, 0.1) is 17.0 Å². The number of hydrogen-bond donors (Lipinski definition) is 4. The van der Waals surface area contributed by atoms with E-state index in [1.165, 1.54) is 7.05 Å². The van der Waals surface area contributed by atoms with Crippen molar-refractivity contribution in [3.63, 3.8) is 0 Å². The number of hydrogen-bond acceptors (Lipinski definition) is 6. The van der Waals surface area contributed by atoms with Gasteiger partial charge in [0.2, 0.25) is 0 Å². The molecule has 0 atom stereocenters. The largest absolute Gasteiger partial charge is 0.481 e. The number of anilines is 1. The van der Waals surface area contributed by atoms with Crippen molar-refractivity contribution in [2.24, 2.45) is 0 Å². The van der Waals surface area contributed by atoms with Crippen molar-refractivity contribution in [2.45, 2.75) is 26.7 Å². The van der Waals surface area contributed by atoms with Gasteiger partial charge < -0.3 is 20.5 Å². The number of carbonyl (C=O) groups excluding carboxylic acids is 3. The smallest absolute Gasteiger partial charge is 0.341 e. The fourth-order valence-electron chi connectivity index (χ4n) is 1.97. The first-order chi connectivity index (χ1) is 11.8. The van der Waals surface area contributed by atoms with Gasteiger partial charge >= 0.3 is 18.0 Å². The fraction of sp³-hybridized carbons (Fsp3) is 0.467. The normalized spacial score (nSPS) is 10.0. The van der Waals surface area contributed by atoms with Gasteiger partial charge in [-0.05, 0) is 25.8 Å². The molecule has 0 fully saturated rings. The van der Waals surface area contributed by atoms with Gasteiger partial charge in [0.1, 0.15) is 5.00 Å². The van der Waals surface area contributed by atoms with Crippen LogP contribution in [0.2, 0.25) is 0 Å². The van der Waals surface area contributed by atoms with Gasteiger partial charge in [-0.2, -0.15) is 0 Å². The number of thiophene rings is 1. The lowest BCUT2D eigenvalue weighted by Gasteiger charge is -2.08. The highest BCUT2D eigenvalue weighted by atomic mass is 32.1. The monoisotopic (exact) mass is 371 g/mol. The zero-order valence-corrected chi connectivity index (χ0v) is 15.0. The highest BCUT2D eigenvalue weighted by molar-refractivity contribution is 7.18. The maximum atomic E-state index is 12.1. The molecule has 1 aromatic heterocycles. The number of carbonyl (C=O) groups is 4. The van der Waals surface area contributed by atoms with Gasteiger partial charge in [-0.25, -0.2) is 9.59 Å². The molecule has 1 aromatic rings. The highest BCUT2D eigenvalue weighted by Crippen LogP contribution is 2.33. The second kappa shape index (κ2) is 9.62. The van der Waals surface area contributed by atoms with Crippen molar-refractivity contribution >= 4 is 40.2 Å². The molecule has 1 heterocycles. The molecule has 0 aromatic carbocycles. The Kier molecular flexibility index (Phi) is 7.86. The van der Waals surface area contributed by atoms with Gasteiger partial charge in [0.15, 0.2) is 0 Å². The predicted molar refractivity (Wildman–Crippen MR) is 92.3 cm³/mol. The van der Waals surface area contributed by atoms with Crippen LogP contribution in [0.4, 0.5) is 9.80 Å². The van der Waals surface area contributed by atoms with Crippen LogP contribution >= 0.6 is 11.3 Å². The Morgan fingerprint density at radius 3 is 2.48 bits per heavy atom. The predicted octanol–water partition coefficient (Wildman–Crippen LogP) is 1.58. The fourth-order valence-corrected chi connectivity index (χ4v) is 3.11. The van der Waals surface area contributed by atoms with E-state index in [4.69, 9.17) is 9.84 Å². The van der Waals surface area contributed by atoms with Gasteiger partial charge in [-0.1, -0.05) is 0 Å². The van der Waals surface area contributed by atoms with Gasteiger partial charge in [-0.3, -0.25) is 14.9 Å². The number of carboxylic acids is 1. The minimum atomic E-state index is -0.948. The summed E-state index contributed by atoms with van der Waals surface area (Å²) < 4.78 is 4.98. The summed E-state index contributed by atoms with van der Waals surface area (Å²) in [7, 11) is 1.47. The Morgan fingerprint density at radius 2 is 1.92 bits per heavy atom. The number of nitrogens with one attached hydrogen (secondary N) is 3. The summed E-state index contributed by atoms with van der Waals surface area (Å²) in [5.41, 5.74) is 0.551. The van der Waals surface area contributed by atoms with Crippen molar-refractivity contribution < 1.29 is 29.0 Å². The molecule has 0 unspecified atom stereocenters. The summed E-state index contributed by atoms with van der Waals surface area (Å²) in [5.74, 6) is -1.95. The molecule has 10 heteroatoms. The van der Waals surface area contributed by atoms with Crippen LogP contribution in [0.1, 0.15) is 45.4 Å². The summed E-state index contributed by atoms with van der Waals surface area (Å²) in [6.07, 6.45) is 0.216. The molecule has 138 valence electrons. The molecule has 25 heavy (non-hydrogen) atoms. The van der Waals surface area contributed by atoms with Crippen molar-refractivity contribution in [1.82, 2.24) is 10.6 Å². The second-order valence-electron chi connectivity index (χ2n) is 4.94. The molecule has 0 spiro atoms. The van der Waals surface area contributed by atoms with E-state index in [0.29, 0.717) is 10.4 Å². The van der Waals surface area contributed by atoms with Crippen LogP contribution in [0.15, 0.2) is 0 Å². The Morgan fingerprint density at radius 1 is 1.24 bits per heavy atom. The Hall–Kier alpha value is -2.62. The third-order valence-corrected chi connectivity index (χ3v) is 4.35. The minimum absolute atomic E-state index is 0.0622. The SMILES string of the molecule is CCOC(=O)c1c(NC(=O)NCCCC(=O)O)sc(C(=O)NC)c1C. The van der Waals surface area contributed by atoms with Crippen LogP contribution in [0, 0.1) is 6.92 Å². The van der Waals surface area contributed by atoms with Crippen molar-refractivity contribution in [3.05, 3.63) is 16.0 Å². The third kappa shape index (κ3) is 5.75. The number of urea groups is 1. The Labute approximate surface area is 148 Å². The van der Waals surface area contributed by atoms with E-state index in [-0.39, 0.29) is 42.5 Å². The van der Waals surface area contributed by atoms with E-state index >= 15 is 0 Å². The molecule has 9 nitrogen and oxygen atoms in total. The van der Waals surface area contributed by atoms with Crippen LogP contribution in [0.3, 0.4) is 0 Å². The highest BCUT2D eigenvalue weighted by Gasteiger charge is 2.26. The van der Waals surface area contributed by atoms with Gasteiger partial charge in [0, 0.05) is 20.0 Å². The maximum Gasteiger partial charge on any atom is 0.341 e. The summed E-state index contributed by atoms with van der Waals surface area (Å²) >= 11 is 0.967. The molecule has 0 saturated heterocycles. The first-order valence-electron chi connectivity index (χ1n) is 7.61. The molecule has 3 amide bonds. The zero-order chi connectivity index (χ0) is 19.0. The van der Waals surface area contributed by atoms with Crippen molar-refractivity contribution in [2.75, 3.05) is 25.5 Å². The van der Waals surface area contributed by atoms with Crippen molar-refractivity contribution in [1.29, 1.82) is 0 Å². The second-order valence-corrected chi connectivity index (χ2v) is 5.96. The van der Waals surface area contributed by atoms with E-state index in [1.54, 1.807) is 13.8 Å². The summed E-state index contributed by atoms with van der Waals surface area (Å²) in [4.78, 5) is 46.7.